The lowest BCUT2D eigenvalue weighted by molar-refractivity contribution is 1.17. The first-order valence-corrected chi connectivity index (χ1v) is 5.97. The summed E-state index contributed by atoms with van der Waals surface area (Å²) in [6.07, 6.45) is 4.75. The predicted molar refractivity (Wildman–Crippen MR) is 62.4 cm³/mol. The molecule has 0 N–H and O–H groups in total. The smallest absolute Gasteiger partial charge is 0.142 e. The molecule has 0 aliphatic heterocycles. The highest BCUT2D eigenvalue weighted by Crippen LogP contribution is 2.24. The van der Waals surface area contributed by atoms with Gasteiger partial charge in [-0.15, -0.1) is 11.3 Å². The normalized spacial score (nSPS) is 10.4. The van der Waals surface area contributed by atoms with Gasteiger partial charge in [-0.2, -0.15) is 0 Å². The minimum Gasteiger partial charge on any atom is -0.253 e. The molecule has 14 heavy (non-hydrogen) atoms. The molecule has 2 aromatic heterocycles. The lowest BCUT2D eigenvalue weighted by atomic mass is 10.4. The van der Waals surface area contributed by atoms with Crippen LogP contribution < -0.4 is 0 Å². The fourth-order valence-electron chi connectivity index (χ4n) is 1.09. The molecule has 2 aromatic rings. The van der Waals surface area contributed by atoms with Gasteiger partial charge in [0.05, 0.1) is 5.69 Å². The fourth-order valence-corrected chi connectivity index (χ4v) is 2.16. The first-order chi connectivity index (χ1) is 6.79. The van der Waals surface area contributed by atoms with Crippen LogP contribution in [0, 0.1) is 0 Å². The molecule has 0 spiro atoms. The molecule has 0 aliphatic carbocycles. The number of hydrogen-bond acceptors (Lipinski definition) is 3. The van der Waals surface area contributed by atoms with Crippen LogP contribution in [0.3, 0.4) is 0 Å². The number of pyridine rings is 1. The zero-order valence-electron chi connectivity index (χ0n) is 7.70. The van der Waals surface area contributed by atoms with Crippen molar-refractivity contribution < 1.29 is 0 Å². The van der Waals surface area contributed by atoms with Gasteiger partial charge in [-0.1, -0.05) is 6.92 Å². The lowest BCUT2D eigenvalue weighted by Gasteiger charge is -1.94. The van der Waals surface area contributed by atoms with E-state index in [1.165, 1.54) is 4.88 Å². The van der Waals surface area contributed by atoms with E-state index in [1.54, 1.807) is 17.5 Å². The van der Waals surface area contributed by atoms with E-state index < -0.39 is 0 Å². The quantitative estimate of drug-likeness (QED) is 0.833. The van der Waals surface area contributed by atoms with Crippen molar-refractivity contribution in [3.8, 4) is 10.7 Å². The number of aromatic nitrogens is 2. The maximum absolute atomic E-state index is 4.33. The largest absolute Gasteiger partial charge is 0.253 e. The van der Waals surface area contributed by atoms with E-state index in [-0.39, 0.29) is 0 Å². The van der Waals surface area contributed by atoms with E-state index in [0.717, 1.165) is 21.6 Å². The second-order valence-electron chi connectivity index (χ2n) is 2.85. The minimum absolute atomic E-state index is 0.943. The third-order valence-corrected chi connectivity index (χ3v) is 3.48. The van der Waals surface area contributed by atoms with Gasteiger partial charge < -0.3 is 0 Å². The summed E-state index contributed by atoms with van der Waals surface area (Å²) in [6.45, 7) is 2.13. The number of halogens is 1. The second kappa shape index (κ2) is 4.19. The fraction of sp³-hybridized carbons (Fsp3) is 0.200. The Balaban J connectivity index is 2.34. The maximum Gasteiger partial charge on any atom is 0.142 e. The zero-order chi connectivity index (χ0) is 9.97. The highest BCUT2D eigenvalue weighted by atomic mass is 79.9. The Hall–Kier alpha value is -0.740. The first-order valence-electron chi connectivity index (χ1n) is 4.36. The molecule has 2 nitrogen and oxygen atoms in total. The average Bonchev–Trinajstić information content (AvgIpc) is 2.67. The summed E-state index contributed by atoms with van der Waals surface area (Å²) in [7, 11) is 0. The van der Waals surface area contributed by atoms with Crippen molar-refractivity contribution in [2.24, 2.45) is 0 Å². The molecule has 2 rings (SSSR count). The third kappa shape index (κ3) is 2.01. The molecule has 0 radical (unpaired) electrons. The Kier molecular flexibility index (Phi) is 2.93. The molecule has 0 atom stereocenters. The second-order valence-corrected chi connectivity index (χ2v) is 4.88. The average molecular weight is 269 g/mol. The minimum atomic E-state index is 0.943. The van der Waals surface area contributed by atoms with Gasteiger partial charge in [0, 0.05) is 21.7 Å². The van der Waals surface area contributed by atoms with Crippen LogP contribution in [0.5, 0.6) is 0 Å². The van der Waals surface area contributed by atoms with Crippen molar-refractivity contribution in [1.29, 1.82) is 0 Å². The summed E-state index contributed by atoms with van der Waals surface area (Å²) in [5.41, 5.74) is 0.943. The monoisotopic (exact) mass is 268 g/mol. The highest BCUT2D eigenvalue weighted by molar-refractivity contribution is 9.10. The highest BCUT2D eigenvalue weighted by Gasteiger charge is 2.04. The van der Waals surface area contributed by atoms with Crippen LogP contribution in [-0.2, 0) is 6.42 Å². The van der Waals surface area contributed by atoms with Gasteiger partial charge in [0.1, 0.15) is 5.01 Å². The number of rotatable bonds is 2. The molecule has 2 heterocycles. The van der Waals surface area contributed by atoms with Gasteiger partial charge in [0.2, 0.25) is 0 Å². The van der Waals surface area contributed by atoms with Crippen LogP contribution >= 0.6 is 27.3 Å². The molecular weight excluding hydrogens is 260 g/mol. The maximum atomic E-state index is 4.33. The van der Waals surface area contributed by atoms with Crippen molar-refractivity contribution in [2.75, 3.05) is 0 Å². The zero-order valence-corrected chi connectivity index (χ0v) is 10.1. The standard InChI is InChI=1S/C10H9BrN2S/c1-2-8-6-13-10(14-8)9-4-3-7(11)5-12-9/h3-6H,2H2,1H3. The Morgan fingerprint density at radius 3 is 2.71 bits per heavy atom. The van der Waals surface area contributed by atoms with Crippen LogP contribution in [0.1, 0.15) is 11.8 Å². The summed E-state index contributed by atoms with van der Waals surface area (Å²) in [5.74, 6) is 0. The van der Waals surface area contributed by atoms with E-state index in [4.69, 9.17) is 0 Å². The SMILES string of the molecule is CCc1cnc(-c2ccc(Br)cn2)s1. The summed E-state index contributed by atoms with van der Waals surface area (Å²) in [4.78, 5) is 9.92. The first kappa shape index (κ1) is 9.80. The molecule has 0 fully saturated rings. The Labute approximate surface area is 95.2 Å². The van der Waals surface area contributed by atoms with Crippen molar-refractivity contribution >= 4 is 27.3 Å². The number of hydrogen-bond donors (Lipinski definition) is 0. The Morgan fingerprint density at radius 1 is 1.29 bits per heavy atom. The van der Waals surface area contributed by atoms with Crippen LogP contribution in [0.15, 0.2) is 29.0 Å². The molecule has 0 aliphatic rings. The van der Waals surface area contributed by atoms with Crippen molar-refractivity contribution in [3.63, 3.8) is 0 Å². The van der Waals surface area contributed by atoms with Crippen molar-refractivity contribution in [2.45, 2.75) is 13.3 Å². The van der Waals surface area contributed by atoms with E-state index in [0.29, 0.717) is 0 Å². The van der Waals surface area contributed by atoms with Gasteiger partial charge in [0.15, 0.2) is 0 Å². The molecule has 0 aromatic carbocycles. The van der Waals surface area contributed by atoms with Gasteiger partial charge in [-0.05, 0) is 34.5 Å². The van der Waals surface area contributed by atoms with E-state index >= 15 is 0 Å². The predicted octanol–water partition coefficient (Wildman–Crippen LogP) is 3.53. The molecule has 4 heteroatoms. The van der Waals surface area contributed by atoms with Gasteiger partial charge in [0.25, 0.3) is 0 Å². The van der Waals surface area contributed by atoms with Crippen LogP contribution in [0.2, 0.25) is 0 Å². The molecule has 0 saturated heterocycles. The molecule has 72 valence electrons. The molecular formula is C10H9BrN2S. The lowest BCUT2D eigenvalue weighted by Crippen LogP contribution is -1.79. The molecule has 0 unspecified atom stereocenters. The third-order valence-electron chi connectivity index (χ3n) is 1.85. The summed E-state index contributed by atoms with van der Waals surface area (Å²) >= 11 is 5.06. The van der Waals surface area contributed by atoms with Crippen molar-refractivity contribution in [1.82, 2.24) is 9.97 Å². The van der Waals surface area contributed by atoms with E-state index in [9.17, 15) is 0 Å². The van der Waals surface area contributed by atoms with Crippen molar-refractivity contribution in [3.05, 3.63) is 33.9 Å². The van der Waals surface area contributed by atoms with Crippen LogP contribution in [0.4, 0.5) is 0 Å². The summed E-state index contributed by atoms with van der Waals surface area (Å²) in [6, 6.07) is 3.96. The number of nitrogens with zero attached hydrogens (tertiary/aromatic N) is 2. The van der Waals surface area contributed by atoms with Gasteiger partial charge in [-0.3, -0.25) is 4.98 Å². The van der Waals surface area contributed by atoms with Crippen LogP contribution in [0.25, 0.3) is 10.7 Å². The van der Waals surface area contributed by atoms with E-state index in [1.807, 2.05) is 18.3 Å². The van der Waals surface area contributed by atoms with Gasteiger partial charge in [-0.25, -0.2) is 4.98 Å². The van der Waals surface area contributed by atoms with Crippen LogP contribution in [-0.4, -0.2) is 9.97 Å². The number of aryl methyl sites for hydroxylation is 1. The molecule has 0 bridgehead atoms. The summed E-state index contributed by atoms with van der Waals surface area (Å²) < 4.78 is 0.994. The molecule has 0 saturated carbocycles. The summed E-state index contributed by atoms with van der Waals surface area (Å²) in [5, 5.41) is 0.995. The van der Waals surface area contributed by atoms with E-state index in [2.05, 4.69) is 32.8 Å². The molecule has 0 amide bonds. The Bertz CT molecular complexity index is 422. The Morgan fingerprint density at radius 2 is 2.14 bits per heavy atom. The van der Waals surface area contributed by atoms with Gasteiger partial charge >= 0.3 is 0 Å². The topological polar surface area (TPSA) is 25.8 Å². The number of thiazole rings is 1.